The number of piperazine rings is 1. The van der Waals surface area contributed by atoms with Crippen LogP contribution in [0.25, 0.3) is 0 Å². The molecule has 1 unspecified atom stereocenters. The van der Waals surface area contributed by atoms with E-state index in [9.17, 15) is 4.79 Å². The first-order chi connectivity index (χ1) is 10.3. The molecule has 0 aromatic carbocycles. The molecular formula is C15H29IN4O2. The van der Waals surface area contributed by atoms with Gasteiger partial charge in [-0.3, -0.25) is 9.79 Å². The highest BCUT2D eigenvalue weighted by Crippen LogP contribution is 2.16. The third kappa shape index (κ3) is 5.26. The molecule has 7 heteroatoms. The Morgan fingerprint density at radius 2 is 1.95 bits per heavy atom. The number of ether oxygens (including phenoxy) is 1. The molecule has 2 heterocycles. The second-order valence-corrected chi connectivity index (χ2v) is 5.64. The van der Waals surface area contributed by atoms with Gasteiger partial charge in [0, 0.05) is 46.4 Å². The highest BCUT2D eigenvalue weighted by atomic mass is 127. The van der Waals surface area contributed by atoms with Crippen LogP contribution >= 0.6 is 24.0 Å². The maximum atomic E-state index is 12.3. The molecule has 0 bridgehead atoms. The fourth-order valence-corrected chi connectivity index (χ4v) is 2.82. The zero-order valence-corrected chi connectivity index (χ0v) is 16.0. The van der Waals surface area contributed by atoms with Gasteiger partial charge in [0.05, 0.1) is 0 Å². The molecule has 2 saturated heterocycles. The van der Waals surface area contributed by atoms with Crippen LogP contribution < -0.4 is 5.32 Å². The summed E-state index contributed by atoms with van der Waals surface area (Å²) < 4.78 is 5.49. The third-order valence-corrected chi connectivity index (χ3v) is 4.12. The second-order valence-electron chi connectivity index (χ2n) is 5.64. The molecular weight excluding hydrogens is 395 g/mol. The molecule has 0 aromatic rings. The van der Waals surface area contributed by atoms with Gasteiger partial charge in [0.15, 0.2) is 5.96 Å². The number of hydrogen-bond acceptors (Lipinski definition) is 3. The molecule has 0 radical (unpaired) electrons. The van der Waals surface area contributed by atoms with Crippen molar-refractivity contribution in [1.29, 1.82) is 0 Å². The largest absolute Gasteiger partial charge is 0.368 e. The van der Waals surface area contributed by atoms with E-state index in [1.165, 1.54) is 6.42 Å². The highest BCUT2D eigenvalue weighted by Gasteiger charge is 2.30. The van der Waals surface area contributed by atoms with E-state index in [1.54, 1.807) is 0 Å². The Hall–Kier alpha value is -0.570. The van der Waals surface area contributed by atoms with Gasteiger partial charge in [0.25, 0.3) is 5.91 Å². The van der Waals surface area contributed by atoms with Gasteiger partial charge in [-0.2, -0.15) is 0 Å². The Bertz CT molecular complexity index is 365. The second kappa shape index (κ2) is 10.3. The van der Waals surface area contributed by atoms with E-state index in [-0.39, 0.29) is 36.0 Å². The lowest BCUT2D eigenvalue weighted by Crippen LogP contribution is -2.55. The highest BCUT2D eigenvalue weighted by molar-refractivity contribution is 14.0. The van der Waals surface area contributed by atoms with Crippen molar-refractivity contribution in [2.24, 2.45) is 4.99 Å². The minimum absolute atomic E-state index is 0. The van der Waals surface area contributed by atoms with Crippen LogP contribution in [0, 0.1) is 0 Å². The van der Waals surface area contributed by atoms with Gasteiger partial charge >= 0.3 is 0 Å². The molecule has 6 nitrogen and oxygen atoms in total. The number of hydrogen-bond donors (Lipinski definition) is 1. The van der Waals surface area contributed by atoms with Crippen LogP contribution in [0.5, 0.6) is 0 Å². The quantitative estimate of drug-likeness (QED) is 0.320. The van der Waals surface area contributed by atoms with Gasteiger partial charge in [-0.1, -0.05) is 13.3 Å². The molecule has 22 heavy (non-hydrogen) atoms. The number of nitrogens with zero attached hydrogens (tertiary/aromatic N) is 3. The number of guanidine groups is 1. The Morgan fingerprint density at radius 3 is 2.50 bits per heavy atom. The first kappa shape index (κ1) is 19.5. The fourth-order valence-electron chi connectivity index (χ4n) is 2.82. The summed E-state index contributed by atoms with van der Waals surface area (Å²) in [6.07, 6.45) is 4.01. The molecule has 0 aliphatic carbocycles. The summed E-state index contributed by atoms with van der Waals surface area (Å²) in [5.74, 6) is 1.12. The lowest BCUT2D eigenvalue weighted by atomic mass is 10.2. The molecule has 2 fully saturated rings. The average molecular weight is 424 g/mol. The molecule has 0 saturated carbocycles. The van der Waals surface area contributed by atoms with Crippen LogP contribution in [-0.2, 0) is 9.53 Å². The number of carbonyl (C=O) groups is 1. The summed E-state index contributed by atoms with van der Waals surface area (Å²) in [5, 5.41) is 3.39. The van der Waals surface area contributed by atoms with Crippen LogP contribution in [0.3, 0.4) is 0 Å². The lowest BCUT2D eigenvalue weighted by molar-refractivity contribution is -0.142. The van der Waals surface area contributed by atoms with E-state index in [4.69, 9.17) is 4.74 Å². The number of unbranched alkanes of at least 4 members (excludes halogenated alkanes) is 1. The standard InChI is InChI=1S/C15H28N4O2.HI/c1-3-4-7-17-15(16-2)19-10-8-18(9-11-19)14(20)13-6-5-12-21-13;/h13H,3-12H2,1-2H3,(H,16,17);1H. The first-order valence-corrected chi connectivity index (χ1v) is 8.12. The van der Waals surface area contributed by atoms with Crippen molar-refractivity contribution in [3.05, 3.63) is 0 Å². The Kier molecular flexibility index (Phi) is 9.08. The van der Waals surface area contributed by atoms with Crippen LogP contribution in [0.1, 0.15) is 32.6 Å². The number of nitrogens with one attached hydrogen (secondary N) is 1. The summed E-state index contributed by atoms with van der Waals surface area (Å²) in [6, 6.07) is 0. The lowest BCUT2D eigenvalue weighted by Gasteiger charge is -2.37. The van der Waals surface area contributed by atoms with Crippen LogP contribution in [-0.4, -0.2) is 74.1 Å². The van der Waals surface area contributed by atoms with Crippen molar-refractivity contribution in [2.75, 3.05) is 46.4 Å². The van der Waals surface area contributed by atoms with Gasteiger partial charge < -0.3 is 19.9 Å². The first-order valence-electron chi connectivity index (χ1n) is 8.12. The molecule has 1 amide bonds. The van der Waals surface area contributed by atoms with Gasteiger partial charge in [-0.05, 0) is 19.3 Å². The molecule has 2 aliphatic heterocycles. The third-order valence-electron chi connectivity index (χ3n) is 4.12. The van der Waals surface area contributed by atoms with Gasteiger partial charge in [-0.25, -0.2) is 0 Å². The summed E-state index contributed by atoms with van der Waals surface area (Å²) >= 11 is 0. The van der Waals surface area contributed by atoms with E-state index in [0.29, 0.717) is 0 Å². The van der Waals surface area contributed by atoms with Crippen molar-refractivity contribution in [3.8, 4) is 0 Å². The average Bonchev–Trinajstić information content (AvgIpc) is 3.06. The summed E-state index contributed by atoms with van der Waals surface area (Å²) in [6.45, 7) is 7.05. The van der Waals surface area contributed by atoms with E-state index < -0.39 is 0 Å². The minimum atomic E-state index is -0.196. The topological polar surface area (TPSA) is 57.2 Å². The van der Waals surface area contributed by atoms with E-state index in [0.717, 1.165) is 64.6 Å². The SMILES string of the molecule is CCCCNC(=NC)N1CCN(C(=O)C2CCCO2)CC1.I. The number of aliphatic imine (C=N–C) groups is 1. The number of amides is 1. The predicted octanol–water partition coefficient (Wildman–Crippen LogP) is 1.30. The smallest absolute Gasteiger partial charge is 0.251 e. The Morgan fingerprint density at radius 1 is 1.27 bits per heavy atom. The van der Waals surface area contributed by atoms with Crippen molar-refractivity contribution < 1.29 is 9.53 Å². The predicted molar refractivity (Wildman–Crippen MR) is 98.8 cm³/mol. The fraction of sp³-hybridized carbons (Fsp3) is 0.867. The van der Waals surface area contributed by atoms with Crippen LogP contribution in [0.15, 0.2) is 4.99 Å². The van der Waals surface area contributed by atoms with E-state index >= 15 is 0 Å². The van der Waals surface area contributed by atoms with Crippen molar-refractivity contribution in [1.82, 2.24) is 15.1 Å². The van der Waals surface area contributed by atoms with Gasteiger partial charge in [-0.15, -0.1) is 24.0 Å². The van der Waals surface area contributed by atoms with Crippen LogP contribution in [0.2, 0.25) is 0 Å². The summed E-state index contributed by atoms with van der Waals surface area (Å²) in [7, 11) is 1.82. The van der Waals surface area contributed by atoms with Crippen molar-refractivity contribution >= 4 is 35.8 Å². The normalized spacial score (nSPS) is 22.5. The van der Waals surface area contributed by atoms with E-state index in [2.05, 4.69) is 22.1 Å². The number of halogens is 1. The maximum absolute atomic E-state index is 12.3. The van der Waals surface area contributed by atoms with Crippen molar-refractivity contribution in [2.45, 2.75) is 38.7 Å². The van der Waals surface area contributed by atoms with Gasteiger partial charge in [0.1, 0.15) is 6.10 Å². The molecule has 2 aliphatic rings. The minimum Gasteiger partial charge on any atom is -0.368 e. The molecule has 0 aromatic heterocycles. The molecule has 2 rings (SSSR count). The zero-order chi connectivity index (χ0) is 15.1. The summed E-state index contributed by atoms with van der Waals surface area (Å²) in [5.41, 5.74) is 0. The molecule has 1 atom stereocenters. The Labute approximate surface area is 150 Å². The molecule has 0 spiro atoms. The maximum Gasteiger partial charge on any atom is 0.251 e. The Balaban J connectivity index is 0.00000242. The van der Waals surface area contributed by atoms with Crippen LogP contribution in [0.4, 0.5) is 0 Å². The summed E-state index contributed by atoms with van der Waals surface area (Å²) in [4.78, 5) is 20.8. The monoisotopic (exact) mass is 424 g/mol. The van der Waals surface area contributed by atoms with Gasteiger partial charge in [0.2, 0.25) is 0 Å². The van der Waals surface area contributed by atoms with Crippen molar-refractivity contribution in [3.63, 3.8) is 0 Å². The number of carbonyl (C=O) groups excluding carboxylic acids is 1. The molecule has 1 N–H and O–H groups in total. The zero-order valence-electron chi connectivity index (χ0n) is 13.7. The van der Waals surface area contributed by atoms with E-state index in [1.807, 2.05) is 11.9 Å². The molecule has 128 valence electrons. The number of rotatable bonds is 4.